The second kappa shape index (κ2) is 7.66. The maximum absolute atomic E-state index is 10.7. The zero-order valence-electron chi connectivity index (χ0n) is 15.6. The molecule has 0 saturated carbocycles. The summed E-state index contributed by atoms with van der Waals surface area (Å²) < 4.78 is 3.83. The van der Waals surface area contributed by atoms with E-state index >= 15 is 0 Å². The first-order valence-corrected chi connectivity index (χ1v) is 9.62. The van der Waals surface area contributed by atoms with Gasteiger partial charge in [-0.1, -0.05) is 65.7 Å². The van der Waals surface area contributed by atoms with Crippen LogP contribution in [0.4, 0.5) is 0 Å². The molecule has 0 radical (unpaired) electrons. The van der Waals surface area contributed by atoms with Crippen LogP contribution in [0.3, 0.4) is 0 Å². The van der Waals surface area contributed by atoms with Crippen molar-refractivity contribution in [2.24, 2.45) is 0 Å². The van der Waals surface area contributed by atoms with Crippen LogP contribution in [0.2, 0.25) is 5.02 Å². The van der Waals surface area contributed by atoms with Crippen molar-refractivity contribution in [3.63, 3.8) is 0 Å². The summed E-state index contributed by atoms with van der Waals surface area (Å²) in [5.41, 5.74) is 5.37. The molecule has 0 aliphatic carbocycles. The fourth-order valence-corrected chi connectivity index (χ4v) is 3.71. The Balaban J connectivity index is 1.74. The minimum absolute atomic E-state index is 0.292. The number of fused-ring (bicyclic) bond motifs is 1. The van der Waals surface area contributed by atoms with Crippen LogP contribution in [0.1, 0.15) is 22.8 Å². The second-order valence-electron chi connectivity index (χ2n) is 7.07. The summed E-state index contributed by atoms with van der Waals surface area (Å²) in [6.07, 6.45) is -0.744. The van der Waals surface area contributed by atoms with Crippen LogP contribution in [0.15, 0.2) is 72.8 Å². The van der Waals surface area contributed by atoms with E-state index in [4.69, 9.17) is 17.0 Å². The highest BCUT2D eigenvalue weighted by Crippen LogP contribution is 2.21. The van der Waals surface area contributed by atoms with Gasteiger partial charge in [0, 0.05) is 5.02 Å². The predicted octanol–water partition coefficient (Wildman–Crippen LogP) is 4.67. The van der Waals surface area contributed by atoms with Crippen molar-refractivity contribution in [1.29, 1.82) is 5.41 Å². The SMILES string of the molecule is Cc1ccc(Cn2c(=N)n(CC(O)c3cccc(Cl)c3)c3ccccc32)cc1. The van der Waals surface area contributed by atoms with E-state index in [-0.39, 0.29) is 0 Å². The fraction of sp³-hybridized carbons (Fsp3) is 0.174. The molecule has 1 atom stereocenters. The van der Waals surface area contributed by atoms with Crippen molar-refractivity contribution in [2.75, 3.05) is 0 Å². The van der Waals surface area contributed by atoms with Crippen molar-refractivity contribution in [3.8, 4) is 0 Å². The Labute approximate surface area is 168 Å². The number of hydrogen-bond acceptors (Lipinski definition) is 2. The minimum atomic E-state index is -0.744. The fourth-order valence-electron chi connectivity index (χ4n) is 3.51. The molecular weight excluding hydrogens is 370 g/mol. The lowest BCUT2D eigenvalue weighted by molar-refractivity contribution is 0.156. The standard InChI is InChI=1S/C23H22ClN3O/c1-16-9-11-17(12-10-16)14-26-20-7-2-3-8-21(20)27(23(26)25)15-22(28)18-5-4-6-19(24)13-18/h2-13,22,25,28H,14-15H2,1H3. The molecule has 0 amide bonds. The molecule has 0 aliphatic heterocycles. The van der Waals surface area contributed by atoms with Crippen molar-refractivity contribution >= 4 is 22.6 Å². The van der Waals surface area contributed by atoms with Gasteiger partial charge in [-0.05, 0) is 42.3 Å². The molecule has 4 rings (SSSR count). The van der Waals surface area contributed by atoms with Crippen LogP contribution >= 0.6 is 11.6 Å². The first-order chi connectivity index (χ1) is 13.5. The van der Waals surface area contributed by atoms with Crippen molar-refractivity contribution in [2.45, 2.75) is 26.1 Å². The average molecular weight is 392 g/mol. The van der Waals surface area contributed by atoms with Gasteiger partial charge in [0.2, 0.25) is 5.62 Å². The van der Waals surface area contributed by atoms with Crippen LogP contribution in [-0.2, 0) is 13.1 Å². The molecule has 142 valence electrons. The highest BCUT2D eigenvalue weighted by molar-refractivity contribution is 6.30. The molecule has 0 spiro atoms. The van der Waals surface area contributed by atoms with Gasteiger partial charge in [-0.3, -0.25) is 5.41 Å². The lowest BCUT2D eigenvalue weighted by atomic mass is 10.1. The Bertz CT molecular complexity index is 1170. The number of hydrogen-bond donors (Lipinski definition) is 2. The number of aryl methyl sites for hydroxylation is 1. The molecule has 0 fully saturated rings. The highest BCUT2D eigenvalue weighted by Gasteiger charge is 2.15. The molecule has 28 heavy (non-hydrogen) atoms. The Morgan fingerprint density at radius 1 is 0.929 bits per heavy atom. The summed E-state index contributed by atoms with van der Waals surface area (Å²) in [6, 6.07) is 23.5. The maximum atomic E-state index is 10.7. The van der Waals surface area contributed by atoms with E-state index in [0.717, 1.165) is 22.2 Å². The largest absolute Gasteiger partial charge is 0.387 e. The van der Waals surface area contributed by atoms with Gasteiger partial charge < -0.3 is 14.2 Å². The quantitative estimate of drug-likeness (QED) is 0.510. The molecule has 1 aromatic heterocycles. The number of nitrogens with zero attached hydrogens (tertiary/aromatic N) is 2. The van der Waals surface area contributed by atoms with Crippen LogP contribution in [0.5, 0.6) is 0 Å². The summed E-state index contributed by atoms with van der Waals surface area (Å²) in [5.74, 6) is 0. The van der Waals surface area contributed by atoms with Gasteiger partial charge in [0.25, 0.3) is 0 Å². The van der Waals surface area contributed by atoms with Gasteiger partial charge in [0.15, 0.2) is 0 Å². The number of imidazole rings is 1. The van der Waals surface area contributed by atoms with E-state index < -0.39 is 6.10 Å². The molecule has 1 heterocycles. The number of halogens is 1. The number of aliphatic hydroxyl groups is 1. The molecule has 0 aliphatic rings. The summed E-state index contributed by atoms with van der Waals surface area (Å²) in [7, 11) is 0. The lowest BCUT2D eigenvalue weighted by Crippen LogP contribution is -2.27. The molecule has 2 N–H and O–H groups in total. The van der Waals surface area contributed by atoms with Gasteiger partial charge in [-0.2, -0.15) is 0 Å². The summed E-state index contributed by atoms with van der Waals surface area (Å²) in [5, 5.41) is 20.1. The topological polar surface area (TPSA) is 53.9 Å². The Morgan fingerprint density at radius 3 is 2.29 bits per heavy atom. The third kappa shape index (κ3) is 3.61. The number of aromatic nitrogens is 2. The zero-order chi connectivity index (χ0) is 19.7. The van der Waals surface area contributed by atoms with E-state index in [2.05, 4.69) is 31.2 Å². The first-order valence-electron chi connectivity index (χ1n) is 9.24. The summed E-state index contributed by atoms with van der Waals surface area (Å²) in [6.45, 7) is 2.97. The van der Waals surface area contributed by atoms with Crippen molar-refractivity contribution in [1.82, 2.24) is 9.13 Å². The molecule has 3 aromatic carbocycles. The number of aliphatic hydroxyl groups excluding tert-OH is 1. The van der Waals surface area contributed by atoms with E-state index in [1.165, 1.54) is 5.56 Å². The second-order valence-corrected chi connectivity index (χ2v) is 7.50. The van der Waals surface area contributed by atoms with Crippen LogP contribution in [0.25, 0.3) is 11.0 Å². The Morgan fingerprint density at radius 2 is 1.61 bits per heavy atom. The van der Waals surface area contributed by atoms with Crippen molar-refractivity contribution in [3.05, 3.63) is 100 Å². The van der Waals surface area contributed by atoms with E-state index in [1.807, 2.05) is 45.5 Å². The van der Waals surface area contributed by atoms with Gasteiger partial charge in [-0.15, -0.1) is 0 Å². The predicted molar refractivity (Wildman–Crippen MR) is 112 cm³/mol. The molecule has 1 unspecified atom stereocenters. The number of para-hydroxylation sites is 2. The molecule has 0 bridgehead atoms. The third-order valence-electron chi connectivity index (χ3n) is 5.02. The molecule has 4 aromatic rings. The number of benzene rings is 3. The van der Waals surface area contributed by atoms with Gasteiger partial charge in [0.05, 0.1) is 30.2 Å². The van der Waals surface area contributed by atoms with E-state index in [1.54, 1.807) is 12.1 Å². The maximum Gasteiger partial charge on any atom is 0.203 e. The Hall–Kier alpha value is -2.82. The van der Waals surface area contributed by atoms with Crippen LogP contribution in [-0.4, -0.2) is 14.2 Å². The van der Waals surface area contributed by atoms with Crippen LogP contribution < -0.4 is 5.62 Å². The minimum Gasteiger partial charge on any atom is -0.387 e. The third-order valence-corrected chi connectivity index (χ3v) is 5.26. The monoisotopic (exact) mass is 391 g/mol. The first kappa shape index (κ1) is 18.5. The van der Waals surface area contributed by atoms with Crippen LogP contribution in [0, 0.1) is 12.3 Å². The normalized spacial score (nSPS) is 12.4. The summed E-state index contributed by atoms with van der Waals surface area (Å²) in [4.78, 5) is 0. The molecule has 0 saturated heterocycles. The highest BCUT2D eigenvalue weighted by atomic mass is 35.5. The smallest absolute Gasteiger partial charge is 0.203 e. The Kier molecular flexibility index (Phi) is 5.07. The lowest BCUT2D eigenvalue weighted by Gasteiger charge is -2.13. The van der Waals surface area contributed by atoms with E-state index in [0.29, 0.717) is 23.7 Å². The van der Waals surface area contributed by atoms with E-state index in [9.17, 15) is 5.11 Å². The molecule has 4 nitrogen and oxygen atoms in total. The molecule has 5 heteroatoms. The average Bonchev–Trinajstić information content (AvgIpc) is 2.95. The zero-order valence-corrected chi connectivity index (χ0v) is 16.4. The number of rotatable bonds is 5. The number of nitrogens with one attached hydrogen (secondary N) is 1. The summed E-state index contributed by atoms with van der Waals surface area (Å²) >= 11 is 6.06. The van der Waals surface area contributed by atoms with Gasteiger partial charge in [-0.25, -0.2) is 0 Å². The van der Waals surface area contributed by atoms with Gasteiger partial charge >= 0.3 is 0 Å². The molecular formula is C23H22ClN3O. The van der Waals surface area contributed by atoms with Gasteiger partial charge in [0.1, 0.15) is 0 Å². The van der Waals surface area contributed by atoms with Crippen molar-refractivity contribution < 1.29 is 5.11 Å².